The summed E-state index contributed by atoms with van der Waals surface area (Å²) in [6.07, 6.45) is 7.49. The molecule has 25 heavy (non-hydrogen) atoms. The van der Waals surface area contributed by atoms with Gasteiger partial charge in [-0.1, -0.05) is 23.2 Å². The molecule has 1 fully saturated rings. The third-order valence-corrected chi connectivity index (χ3v) is 4.74. The standard InChI is InChI=1S/C17H16Cl2N4O2/c1-23(16(25)12-3-7-21-9-14(12)19)10-17(4-5-17)22-15(24)11-2-6-20-8-13(11)18/h2-3,6-9H,4-5,10H2,1H3,(H,22,24). The highest BCUT2D eigenvalue weighted by Gasteiger charge is 2.46. The molecule has 2 amide bonds. The van der Waals surface area contributed by atoms with E-state index in [2.05, 4.69) is 15.3 Å². The minimum Gasteiger partial charge on any atom is -0.345 e. The van der Waals surface area contributed by atoms with Crippen molar-refractivity contribution < 1.29 is 9.59 Å². The number of likely N-dealkylation sites (N-methyl/N-ethyl adjacent to an activating group) is 1. The summed E-state index contributed by atoms with van der Waals surface area (Å²) in [5.74, 6) is -0.484. The first-order chi connectivity index (χ1) is 11.9. The highest BCUT2D eigenvalue weighted by atomic mass is 35.5. The van der Waals surface area contributed by atoms with E-state index in [1.165, 1.54) is 24.8 Å². The maximum Gasteiger partial charge on any atom is 0.255 e. The van der Waals surface area contributed by atoms with E-state index >= 15 is 0 Å². The van der Waals surface area contributed by atoms with Crippen LogP contribution in [0, 0.1) is 0 Å². The summed E-state index contributed by atoms with van der Waals surface area (Å²) < 4.78 is 0. The molecule has 0 atom stereocenters. The number of amides is 2. The summed E-state index contributed by atoms with van der Waals surface area (Å²) >= 11 is 12.0. The van der Waals surface area contributed by atoms with Gasteiger partial charge in [-0.2, -0.15) is 0 Å². The van der Waals surface area contributed by atoms with Crippen LogP contribution in [0.1, 0.15) is 33.6 Å². The van der Waals surface area contributed by atoms with Gasteiger partial charge in [-0.3, -0.25) is 19.6 Å². The third kappa shape index (κ3) is 3.91. The van der Waals surface area contributed by atoms with Gasteiger partial charge < -0.3 is 10.2 Å². The number of rotatable bonds is 5. The Balaban J connectivity index is 1.68. The molecule has 0 saturated heterocycles. The van der Waals surface area contributed by atoms with Gasteiger partial charge in [0.05, 0.1) is 26.7 Å². The zero-order valence-corrected chi connectivity index (χ0v) is 15.0. The third-order valence-electron chi connectivity index (χ3n) is 4.14. The summed E-state index contributed by atoms with van der Waals surface area (Å²) in [6.45, 7) is 0.388. The first kappa shape index (κ1) is 17.6. The number of carbonyl (C=O) groups excluding carboxylic acids is 2. The number of hydrogen-bond donors (Lipinski definition) is 1. The van der Waals surface area contributed by atoms with Gasteiger partial charge in [0, 0.05) is 38.4 Å². The van der Waals surface area contributed by atoms with Gasteiger partial charge in [0.2, 0.25) is 0 Å². The van der Waals surface area contributed by atoms with Crippen molar-refractivity contribution in [1.29, 1.82) is 0 Å². The summed E-state index contributed by atoms with van der Waals surface area (Å²) in [5.41, 5.74) is 0.320. The van der Waals surface area contributed by atoms with E-state index in [1.807, 2.05) is 0 Å². The molecule has 0 unspecified atom stereocenters. The molecule has 3 rings (SSSR count). The van der Waals surface area contributed by atoms with Gasteiger partial charge in [0.25, 0.3) is 11.8 Å². The summed E-state index contributed by atoms with van der Waals surface area (Å²) in [6, 6.07) is 3.15. The van der Waals surface area contributed by atoms with E-state index in [0.29, 0.717) is 27.7 Å². The molecule has 0 aliphatic heterocycles. The van der Waals surface area contributed by atoms with Gasteiger partial charge in [-0.15, -0.1) is 0 Å². The second-order valence-corrected chi connectivity index (χ2v) is 6.92. The first-order valence-corrected chi connectivity index (χ1v) is 8.44. The van der Waals surface area contributed by atoms with Crippen LogP contribution in [0.25, 0.3) is 0 Å². The molecule has 0 spiro atoms. The molecular weight excluding hydrogens is 363 g/mol. The fraction of sp³-hybridized carbons (Fsp3) is 0.294. The van der Waals surface area contributed by atoms with Gasteiger partial charge in [0.1, 0.15) is 0 Å². The molecule has 2 heterocycles. The van der Waals surface area contributed by atoms with E-state index in [0.717, 1.165) is 12.8 Å². The van der Waals surface area contributed by atoms with Crippen LogP contribution in [0.15, 0.2) is 36.9 Å². The molecule has 0 bridgehead atoms. The van der Waals surface area contributed by atoms with E-state index in [4.69, 9.17) is 23.2 Å². The van der Waals surface area contributed by atoms with Crippen LogP contribution in [0.4, 0.5) is 0 Å². The Bertz CT molecular complexity index is 824. The molecule has 130 valence electrons. The van der Waals surface area contributed by atoms with Gasteiger partial charge in [-0.05, 0) is 25.0 Å². The molecule has 8 heteroatoms. The quantitative estimate of drug-likeness (QED) is 0.867. The topological polar surface area (TPSA) is 75.2 Å². The molecule has 2 aromatic heterocycles. The Morgan fingerprint density at radius 1 is 1.12 bits per heavy atom. The highest BCUT2D eigenvalue weighted by Crippen LogP contribution is 2.37. The van der Waals surface area contributed by atoms with Crippen LogP contribution < -0.4 is 5.32 Å². The summed E-state index contributed by atoms with van der Waals surface area (Å²) in [7, 11) is 1.69. The molecule has 1 N–H and O–H groups in total. The van der Waals surface area contributed by atoms with Crippen LogP contribution in [0.2, 0.25) is 10.0 Å². The van der Waals surface area contributed by atoms with Crippen molar-refractivity contribution in [2.45, 2.75) is 18.4 Å². The lowest BCUT2D eigenvalue weighted by molar-refractivity contribution is 0.0757. The molecule has 1 aliphatic rings. The second kappa shape index (κ2) is 6.98. The maximum atomic E-state index is 12.6. The van der Waals surface area contributed by atoms with Crippen LogP contribution in [0.3, 0.4) is 0 Å². The number of halogens is 2. The number of hydrogen-bond acceptors (Lipinski definition) is 4. The molecule has 0 aromatic carbocycles. The average molecular weight is 379 g/mol. The second-order valence-electron chi connectivity index (χ2n) is 6.11. The maximum absolute atomic E-state index is 12.6. The molecule has 1 aliphatic carbocycles. The van der Waals surface area contributed by atoms with E-state index < -0.39 is 5.54 Å². The van der Waals surface area contributed by atoms with Crippen molar-refractivity contribution >= 4 is 35.0 Å². The van der Waals surface area contributed by atoms with E-state index in [-0.39, 0.29) is 11.8 Å². The van der Waals surface area contributed by atoms with Crippen molar-refractivity contribution in [3.8, 4) is 0 Å². The first-order valence-electron chi connectivity index (χ1n) is 7.69. The van der Waals surface area contributed by atoms with Crippen LogP contribution in [0.5, 0.6) is 0 Å². The fourth-order valence-corrected chi connectivity index (χ4v) is 3.03. The minimum atomic E-state index is -0.437. The van der Waals surface area contributed by atoms with Crippen molar-refractivity contribution in [3.05, 3.63) is 58.1 Å². The van der Waals surface area contributed by atoms with Crippen molar-refractivity contribution in [2.24, 2.45) is 0 Å². The predicted octanol–water partition coefficient (Wildman–Crippen LogP) is 2.82. The van der Waals surface area contributed by atoms with Crippen LogP contribution in [-0.4, -0.2) is 45.8 Å². The Kier molecular flexibility index (Phi) is 4.92. The zero-order chi connectivity index (χ0) is 18.0. The minimum absolute atomic E-state index is 0.213. The smallest absolute Gasteiger partial charge is 0.255 e. The van der Waals surface area contributed by atoms with Crippen LogP contribution in [-0.2, 0) is 0 Å². The molecule has 2 aromatic rings. The predicted molar refractivity (Wildman–Crippen MR) is 94.9 cm³/mol. The molecule has 0 radical (unpaired) electrons. The number of nitrogens with zero attached hydrogens (tertiary/aromatic N) is 3. The number of carbonyl (C=O) groups is 2. The molecular formula is C17H16Cl2N4O2. The molecule has 1 saturated carbocycles. The normalized spacial score (nSPS) is 14.7. The van der Waals surface area contributed by atoms with Crippen molar-refractivity contribution in [3.63, 3.8) is 0 Å². The Morgan fingerprint density at radius 2 is 1.68 bits per heavy atom. The molecule has 6 nitrogen and oxygen atoms in total. The average Bonchev–Trinajstić information content (AvgIpc) is 3.33. The fourth-order valence-electron chi connectivity index (χ4n) is 2.62. The summed E-state index contributed by atoms with van der Waals surface area (Å²) in [5, 5.41) is 3.58. The lowest BCUT2D eigenvalue weighted by Crippen LogP contribution is -2.46. The highest BCUT2D eigenvalue weighted by molar-refractivity contribution is 6.34. The lowest BCUT2D eigenvalue weighted by atomic mass is 10.1. The number of aromatic nitrogens is 2. The Labute approximate surface area is 155 Å². The van der Waals surface area contributed by atoms with Gasteiger partial charge in [0.15, 0.2) is 0 Å². The zero-order valence-electron chi connectivity index (χ0n) is 13.5. The Morgan fingerprint density at radius 3 is 2.20 bits per heavy atom. The van der Waals surface area contributed by atoms with Gasteiger partial charge >= 0.3 is 0 Å². The monoisotopic (exact) mass is 378 g/mol. The van der Waals surface area contributed by atoms with Crippen LogP contribution >= 0.6 is 23.2 Å². The van der Waals surface area contributed by atoms with Crippen molar-refractivity contribution in [1.82, 2.24) is 20.2 Å². The van der Waals surface area contributed by atoms with Crippen molar-refractivity contribution in [2.75, 3.05) is 13.6 Å². The summed E-state index contributed by atoms with van der Waals surface area (Å²) in [4.78, 5) is 34.3. The Hall–Kier alpha value is -2.18. The SMILES string of the molecule is CN(CC1(NC(=O)c2ccncc2Cl)CC1)C(=O)c1ccncc1Cl. The largest absolute Gasteiger partial charge is 0.345 e. The lowest BCUT2D eigenvalue weighted by Gasteiger charge is -2.25. The number of nitrogens with one attached hydrogen (secondary N) is 1. The van der Waals surface area contributed by atoms with E-state index in [1.54, 1.807) is 24.1 Å². The van der Waals surface area contributed by atoms with Gasteiger partial charge in [-0.25, -0.2) is 0 Å². The van der Waals surface area contributed by atoms with E-state index in [9.17, 15) is 9.59 Å². The number of pyridine rings is 2.